The Morgan fingerprint density at radius 2 is 1.64 bits per heavy atom. The average molecular weight is 574 g/mol. The van der Waals surface area contributed by atoms with Crippen LogP contribution in [0, 0.1) is 11.2 Å². The minimum atomic E-state index is -0.675. The zero-order valence-corrected chi connectivity index (χ0v) is 24.5. The molecule has 1 aliphatic heterocycles. The van der Waals surface area contributed by atoms with Crippen LogP contribution >= 0.6 is 0 Å². The SMILES string of the molecule is COc1cc(OC)c(C2C3=C(CC(C)(C)CC3=O)Nc3ccccc3N2CC(=O)NCc2ccc(F)cc2)cc1OC. The summed E-state index contributed by atoms with van der Waals surface area (Å²) >= 11 is 0. The summed E-state index contributed by atoms with van der Waals surface area (Å²) < 4.78 is 30.4. The molecular formula is C33H36FN3O5. The number of fused-ring (bicyclic) bond motifs is 1. The second-order valence-electron chi connectivity index (χ2n) is 11.4. The molecule has 1 amide bonds. The highest BCUT2D eigenvalue weighted by Gasteiger charge is 2.43. The molecule has 1 unspecified atom stereocenters. The van der Waals surface area contributed by atoms with Crippen LogP contribution in [-0.2, 0) is 16.1 Å². The molecule has 0 saturated heterocycles. The van der Waals surface area contributed by atoms with Gasteiger partial charge in [0, 0.05) is 35.9 Å². The second kappa shape index (κ2) is 11.8. The highest BCUT2D eigenvalue weighted by atomic mass is 19.1. The number of amides is 1. The molecule has 42 heavy (non-hydrogen) atoms. The zero-order valence-electron chi connectivity index (χ0n) is 24.5. The van der Waals surface area contributed by atoms with Gasteiger partial charge in [-0.05, 0) is 47.7 Å². The highest BCUT2D eigenvalue weighted by molar-refractivity contribution is 6.02. The maximum absolute atomic E-state index is 14.0. The normalized spacial score (nSPS) is 17.4. The minimum Gasteiger partial charge on any atom is -0.496 e. The van der Waals surface area contributed by atoms with E-state index in [-0.39, 0.29) is 36.0 Å². The van der Waals surface area contributed by atoms with E-state index in [9.17, 15) is 14.0 Å². The Hall–Kier alpha value is -4.53. The Bertz CT molecular complexity index is 1530. The predicted molar refractivity (Wildman–Crippen MR) is 160 cm³/mol. The number of nitrogens with one attached hydrogen (secondary N) is 2. The van der Waals surface area contributed by atoms with E-state index in [0.717, 1.165) is 22.6 Å². The van der Waals surface area contributed by atoms with Gasteiger partial charge in [-0.3, -0.25) is 9.59 Å². The van der Waals surface area contributed by atoms with Gasteiger partial charge in [0.2, 0.25) is 5.91 Å². The second-order valence-corrected chi connectivity index (χ2v) is 11.4. The zero-order chi connectivity index (χ0) is 30.0. The van der Waals surface area contributed by atoms with E-state index >= 15 is 0 Å². The first-order valence-corrected chi connectivity index (χ1v) is 13.8. The number of methoxy groups -OCH3 is 3. The fourth-order valence-corrected chi connectivity index (χ4v) is 5.83. The molecule has 3 aromatic rings. The number of carbonyl (C=O) groups is 2. The number of allylic oxidation sites excluding steroid dienone is 1. The summed E-state index contributed by atoms with van der Waals surface area (Å²) in [7, 11) is 4.67. The molecule has 220 valence electrons. The van der Waals surface area contributed by atoms with E-state index in [2.05, 4.69) is 24.5 Å². The molecule has 0 aromatic heterocycles. The molecule has 8 nitrogen and oxygen atoms in total. The van der Waals surface area contributed by atoms with Crippen molar-refractivity contribution in [1.29, 1.82) is 0 Å². The number of nitrogens with zero attached hydrogens (tertiary/aromatic N) is 1. The number of ketones is 1. The van der Waals surface area contributed by atoms with Gasteiger partial charge in [0.25, 0.3) is 0 Å². The maximum atomic E-state index is 14.0. The lowest BCUT2D eigenvalue weighted by molar-refractivity contribution is -0.121. The lowest BCUT2D eigenvalue weighted by Crippen LogP contribution is -2.42. The van der Waals surface area contributed by atoms with Gasteiger partial charge >= 0.3 is 0 Å². The molecule has 1 atom stereocenters. The number of hydrogen-bond acceptors (Lipinski definition) is 7. The maximum Gasteiger partial charge on any atom is 0.239 e. The Labute approximate surface area is 245 Å². The van der Waals surface area contributed by atoms with Crippen molar-refractivity contribution in [3.8, 4) is 17.2 Å². The first-order valence-electron chi connectivity index (χ1n) is 13.8. The van der Waals surface area contributed by atoms with Crippen LogP contribution < -0.4 is 29.7 Å². The van der Waals surface area contributed by atoms with Gasteiger partial charge in [-0.2, -0.15) is 0 Å². The Morgan fingerprint density at radius 3 is 2.33 bits per heavy atom. The minimum absolute atomic E-state index is 0.000106. The number of Topliss-reactive ketones (excluding diaryl/α,β-unsaturated/α-hetero) is 1. The van der Waals surface area contributed by atoms with Crippen molar-refractivity contribution in [2.24, 2.45) is 5.41 Å². The van der Waals surface area contributed by atoms with Crippen LogP contribution in [0.3, 0.4) is 0 Å². The number of rotatable bonds is 8. The standard InChI is InChI=1S/C33H36FN3O5/c1-33(2)16-24-31(26(38)17-33)32(22-14-28(41-4)29(42-5)15-27(22)40-3)37(25-9-7-6-8-23(25)36-24)19-30(39)35-18-20-10-12-21(34)13-11-20/h6-15,32,36H,16-19H2,1-5H3,(H,35,39). The van der Waals surface area contributed by atoms with Crippen molar-refractivity contribution in [2.75, 3.05) is 38.1 Å². The molecule has 1 heterocycles. The van der Waals surface area contributed by atoms with Gasteiger partial charge in [0.1, 0.15) is 11.6 Å². The van der Waals surface area contributed by atoms with Gasteiger partial charge in [-0.15, -0.1) is 0 Å². The third-order valence-electron chi connectivity index (χ3n) is 7.75. The lowest BCUT2D eigenvalue weighted by atomic mass is 9.73. The summed E-state index contributed by atoms with van der Waals surface area (Å²) in [5.41, 5.74) is 4.16. The monoisotopic (exact) mass is 573 g/mol. The summed E-state index contributed by atoms with van der Waals surface area (Å²) in [4.78, 5) is 29.5. The largest absolute Gasteiger partial charge is 0.496 e. The van der Waals surface area contributed by atoms with Gasteiger partial charge in [0.05, 0.1) is 45.3 Å². The number of halogens is 1. The number of para-hydroxylation sites is 2. The number of hydrogen-bond donors (Lipinski definition) is 2. The Morgan fingerprint density at radius 1 is 0.976 bits per heavy atom. The molecule has 2 N–H and O–H groups in total. The van der Waals surface area contributed by atoms with E-state index < -0.39 is 6.04 Å². The van der Waals surface area contributed by atoms with Crippen molar-refractivity contribution >= 4 is 23.1 Å². The van der Waals surface area contributed by atoms with Crippen molar-refractivity contribution < 1.29 is 28.2 Å². The molecule has 2 aliphatic rings. The van der Waals surface area contributed by atoms with Crippen LogP contribution in [0.15, 0.2) is 71.9 Å². The molecule has 0 radical (unpaired) electrons. The Kier molecular flexibility index (Phi) is 8.11. The van der Waals surface area contributed by atoms with Crippen LogP contribution in [0.4, 0.5) is 15.8 Å². The van der Waals surface area contributed by atoms with E-state index in [4.69, 9.17) is 14.2 Å². The van der Waals surface area contributed by atoms with Crippen LogP contribution in [-0.4, -0.2) is 39.6 Å². The van der Waals surface area contributed by atoms with Crippen LogP contribution in [0.1, 0.15) is 43.9 Å². The van der Waals surface area contributed by atoms with E-state index in [1.54, 1.807) is 39.5 Å². The summed E-state index contributed by atoms with van der Waals surface area (Å²) in [5.74, 6) is 0.865. The molecule has 0 bridgehead atoms. The van der Waals surface area contributed by atoms with E-state index in [0.29, 0.717) is 41.2 Å². The third kappa shape index (κ3) is 5.77. The smallest absolute Gasteiger partial charge is 0.239 e. The Balaban J connectivity index is 1.65. The third-order valence-corrected chi connectivity index (χ3v) is 7.75. The fourth-order valence-electron chi connectivity index (χ4n) is 5.83. The van der Waals surface area contributed by atoms with Crippen molar-refractivity contribution in [1.82, 2.24) is 5.32 Å². The van der Waals surface area contributed by atoms with Crippen LogP contribution in [0.2, 0.25) is 0 Å². The quantitative estimate of drug-likeness (QED) is 0.353. The molecule has 3 aromatic carbocycles. The van der Waals surface area contributed by atoms with Gasteiger partial charge < -0.3 is 29.7 Å². The topological polar surface area (TPSA) is 89.1 Å². The molecule has 1 aliphatic carbocycles. The number of benzene rings is 3. The molecule has 9 heteroatoms. The van der Waals surface area contributed by atoms with Crippen LogP contribution in [0.25, 0.3) is 0 Å². The molecule has 0 spiro atoms. The van der Waals surface area contributed by atoms with Crippen LogP contribution in [0.5, 0.6) is 17.2 Å². The lowest BCUT2D eigenvalue weighted by Gasteiger charge is -2.38. The van der Waals surface area contributed by atoms with E-state index in [1.165, 1.54) is 12.1 Å². The summed E-state index contributed by atoms with van der Waals surface area (Å²) in [6, 6.07) is 16.6. The van der Waals surface area contributed by atoms with Gasteiger partial charge in [-0.25, -0.2) is 4.39 Å². The molecule has 0 saturated carbocycles. The number of anilines is 2. The van der Waals surface area contributed by atoms with E-state index in [1.807, 2.05) is 35.2 Å². The van der Waals surface area contributed by atoms with Gasteiger partial charge in [0.15, 0.2) is 17.3 Å². The summed E-state index contributed by atoms with van der Waals surface area (Å²) in [5, 5.41) is 6.51. The van der Waals surface area contributed by atoms with Crippen molar-refractivity contribution in [2.45, 2.75) is 39.3 Å². The highest BCUT2D eigenvalue weighted by Crippen LogP contribution is 2.51. The molecule has 0 fully saturated rings. The summed E-state index contributed by atoms with van der Waals surface area (Å²) in [6.07, 6.45) is 1.01. The average Bonchev–Trinajstić information content (AvgIpc) is 3.09. The predicted octanol–water partition coefficient (Wildman–Crippen LogP) is 5.78. The number of carbonyl (C=O) groups excluding carboxylic acids is 2. The first-order chi connectivity index (χ1) is 20.1. The van der Waals surface area contributed by atoms with Crippen molar-refractivity contribution in [3.63, 3.8) is 0 Å². The molecule has 5 rings (SSSR count). The first kappa shape index (κ1) is 29.0. The molecular weight excluding hydrogens is 537 g/mol. The van der Waals surface area contributed by atoms with Crippen molar-refractivity contribution in [3.05, 3.63) is 88.9 Å². The summed E-state index contributed by atoms with van der Waals surface area (Å²) in [6.45, 7) is 4.34. The number of ether oxygens (including phenoxy) is 3. The fraction of sp³-hybridized carbons (Fsp3) is 0.333. The van der Waals surface area contributed by atoms with Gasteiger partial charge in [-0.1, -0.05) is 38.1 Å².